The molecule has 0 radical (unpaired) electrons. The number of methoxy groups -OCH3 is 1. The van der Waals surface area contributed by atoms with Gasteiger partial charge in [0.15, 0.2) is 11.7 Å². The van der Waals surface area contributed by atoms with Crippen molar-refractivity contribution in [3.8, 4) is 0 Å². The maximum Gasteiger partial charge on any atom is 0.289 e. The molecule has 2 heterocycles. The van der Waals surface area contributed by atoms with Crippen LogP contribution in [-0.2, 0) is 4.74 Å². The van der Waals surface area contributed by atoms with Gasteiger partial charge in [-0.1, -0.05) is 13.8 Å². The van der Waals surface area contributed by atoms with E-state index in [2.05, 4.69) is 36.0 Å². The number of rotatable bonds is 3. The Morgan fingerprint density at radius 1 is 1.26 bits per heavy atom. The van der Waals surface area contributed by atoms with Crippen molar-refractivity contribution in [3.63, 3.8) is 0 Å². The number of furan rings is 1. The summed E-state index contributed by atoms with van der Waals surface area (Å²) in [4.78, 5) is 20.9. The molecule has 2 aliphatic rings. The molecule has 3 rings (SSSR count). The topological polar surface area (TPSA) is 70.3 Å². The number of aliphatic imine (C=N–C) groups is 1. The molecule has 152 valence electrons. The first-order valence-corrected chi connectivity index (χ1v) is 9.18. The average molecular weight is 490 g/mol. The Bertz CT molecular complexity index is 669. The van der Waals surface area contributed by atoms with E-state index < -0.39 is 0 Å². The Morgan fingerprint density at radius 2 is 1.89 bits per heavy atom. The van der Waals surface area contributed by atoms with Gasteiger partial charge in [-0.3, -0.25) is 9.79 Å². The molecule has 2 atom stereocenters. The van der Waals surface area contributed by atoms with Crippen LogP contribution >= 0.6 is 24.0 Å². The second-order valence-corrected chi connectivity index (χ2v) is 7.86. The SMILES string of the molecule is CN=C(NC1CC(C)(OC)C1(C)C)N1CCN(C(=O)c2ccco2)CC1.I. The van der Waals surface area contributed by atoms with Gasteiger partial charge in [0.2, 0.25) is 0 Å². The summed E-state index contributed by atoms with van der Waals surface area (Å²) in [6, 6.07) is 3.76. The molecule has 0 bridgehead atoms. The highest BCUT2D eigenvalue weighted by Gasteiger charge is 2.58. The van der Waals surface area contributed by atoms with Gasteiger partial charge in [-0.15, -0.1) is 24.0 Å². The minimum absolute atomic E-state index is 0. The van der Waals surface area contributed by atoms with E-state index >= 15 is 0 Å². The van der Waals surface area contributed by atoms with E-state index in [0.717, 1.165) is 25.5 Å². The van der Waals surface area contributed by atoms with Gasteiger partial charge in [-0.2, -0.15) is 0 Å². The quantitative estimate of drug-likeness (QED) is 0.401. The Hall–Kier alpha value is -1.29. The monoisotopic (exact) mass is 490 g/mol. The lowest BCUT2D eigenvalue weighted by Crippen LogP contribution is -2.70. The normalized spacial score (nSPS) is 27.6. The van der Waals surface area contributed by atoms with Crippen LogP contribution in [0.3, 0.4) is 0 Å². The summed E-state index contributed by atoms with van der Waals surface area (Å²) in [6.45, 7) is 9.43. The average Bonchev–Trinajstić information content (AvgIpc) is 3.19. The predicted octanol–water partition coefficient (Wildman–Crippen LogP) is 2.43. The highest BCUT2D eigenvalue weighted by atomic mass is 127. The number of amides is 1. The molecule has 1 aromatic rings. The van der Waals surface area contributed by atoms with Crippen LogP contribution in [-0.4, -0.2) is 73.6 Å². The van der Waals surface area contributed by atoms with E-state index in [9.17, 15) is 4.79 Å². The fourth-order valence-electron chi connectivity index (χ4n) is 3.85. The first kappa shape index (κ1) is 22.0. The lowest BCUT2D eigenvalue weighted by molar-refractivity contribution is -0.177. The van der Waals surface area contributed by atoms with Crippen LogP contribution in [0.15, 0.2) is 27.8 Å². The third-order valence-corrected chi connectivity index (χ3v) is 6.39. The summed E-state index contributed by atoms with van der Waals surface area (Å²) >= 11 is 0. The van der Waals surface area contributed by atoms with Gasteiger partial charge in [0, 0.05) is 51.8 Å². The lowest BCUT2D eigenvalue weighted by atomic mass is 9.56. The largest absolute Gasteiger partial charge is 0.459 e. The molecule has 1 saturated heterocycles. The van der Waals surface area contributed by atoms with E-state index in [1.54, 1.807) is 19.2 Å². The van der Waals surface area contributed by atoms with Crippen molar-refractivity contribution in [1.82, 2.24) is 15.1 Å². The van der Waals surface area contributed by atoms with Gasteiger partial charge in [0.1, 0.15) is 0 Å². The number of carbonyl (C=O) groups is 1. The molecule has 7 nitrogen and oxygen atoms in total. The van der Waals surface area contributed by atoms with E-state index in [-0.39, 0.29) is 40.9 Å². The van der Waals surface area contributed by atoms with Crippen molar-refractivity contribution in [2.24, 2.45) is 10.4 Å². The van der Waals surface area contributed by atoms with Gasteiger partial charge >= 0.3 is 0 Å². The van der Waals surface area contributed by atoms with Crippen molar-refractivity contribution in [1.29, 1.82) is 0 Å². The van der Waals surface area contributed by atoms with Crippen LogP contribution in [0, 0.1) is 5.41 Å². The van der Waals surface area contributed by atoms with Crippen molar-refractivity contribution < 1.29 is 13.9 Å². The molecule has 1 aliphatic carbocycles. The number of nitrogens with zero attached hydrogens (tertiary/aromatic N) is 3. The first-order valence-electron chi connectivity index (χ1n) is 9.18. The second-order valence-electron chi connectivity index (χ2n) is 7.86. The fourth-order valence-corrected chi connectivity index (χ4v) is 3.85. The molecule has 0 spiro atoms. The van der Waals surface area contributed by atoms with Crippen LogP contribution in [0.2, 0.25) is 0 Å². The lowest BCUT2D eigenvalue weighted by Gasteiger charge is -2.59. The third-order valence-electron chi connectivity index (χ3n) is 6.39. The number of halogens is 1. The Labute approximate surface area is 178 Å². The minimum atomic E-state index is -0.113. The number of hydrogen-bond donors (Lipinski definition) is 1. The Kier molecular flexibility index (Phi) is 6.83. The molecule has 1 N–H and O–H groups in total. The van der Waals surface area contributed by atoms with E-state index in [1.165, 1.54) is 6.26 Å². The van der Waals surface area contributed by atoms with Crippen molar-refractivity contribution in [2.45, 2.75) is 38.8 Å². The molecule has 1 saturated carbocycles. The zero-order valence-electron chi connectivity index (χ0n) is 16.8. The molecule has 8 heteroatoms. The number of ether oxygens (including phenoxy) is 1. The van der Waals surface area contributed by atoms with Crippen LogP contribution in [0.1, 0.15) is 37.7 Å². The first-order chi connectivity index (χ1) is 12.3. The molecule has 1 amide bonds. The minimum Gasteiger partial charge on any atom is -0.459 e. The fraction of sp³-hybridized carbons (Fsp3) is 0.684. The summed E-state index contributed by atoms with van der Waals surface area (Å²) in [5, 5.41) is 3.60. The van der Waals surface area contributed by atoms with Gasteiger partial charge in [0.05, 0.1) is 11.9 Å². The summed E-state index contributed by atoms with van der Waals surface area (Å²) < 4.78 is 10.9. The summed E-state index contributed by atoms with van der Waals surface area (Å²) in [6.07, 6.45) is 2.48. The van der Waals surface area contributed by atoms with Crippen molar-refractivity contribution >= 4 is 35.8 Å². The maximum absolute atomic E-state index is 12.4. The standard InChI is InChI=1S/C19H30N4O3.HI/c1-18(2)15(13-19(18,3)25-5)21-17(20-4)23-10-8-22(9-11-23)16(24)14-7-6-12-26-14;/h6-7,12,15H,8-11,13H2,1-5H3,(H,20,21);1H. The molecule has 2 unspecified atom stereocenters. The number of nitrogens with one attached hydrogen (secondary N) is 1. The van der Waals surface area contributed by atoms with Gasteiger partial charge < -0.3 is 24.3 Å². The number of guanidine groups is 1. The molecular formula is C19H31IN4O3. The third kappa shape index (κ3) is 3.96. The zero-order chi connectivity index (χ0) is 18.9. The summed E-state index contributed by atoms with van der Waals surface area (Å²) in [5.74, 6) is 1.25. The predicted molar refractivity (Wildman–Crippen MR) is 116 cm³/mol. The van der Waals surface area contributed by atoms with Crippen molar-refractivity contribution in [2.75, 3.05) is 40.3 Å². The molecule has 1 aliphatic heterocycles. The zero-order valence-corrected chi connectivity index (χ0v) is 19.1. The molecular weight excluding hydrogens is 459 g/mol. The van der Waals surface area contributed by atoms with Gasteiger partial charge in [-0.25, -0.2) is 0 Å². The Morgan fingerprint density at radius 3 is 2.37 bits per heavy atom. The smallest absolute Gasteiger partial charge is 0.289 e. The second kappa shape index (κ2) is 8.38. The maximum atomic E-state index is 12.4. The molecule has 0 aromatic carbocycles. The van der Waals surface area contributed by atoms with Gasteiger partial charge in [-0.05, 0) is 25.5 Å². The number of piperazine rings is 1. The van der Waals surface area contributed by atoms with Crippen LogP contribution in [0.25, 0.3) is 0 Å². The van der Waals surface area contributed by atoms with Crippen LogP contribution in [0.4, 0.5) is 0 Å². The van der Waals surface area contributed by atoms with Crippen LogP contribution in [0.5, 0.6) is 0 Å². The molecule has 1 aromatic heterocycles. The van der Waals surface area contributed by atoms with E-state index in [1.807, 2.05) is 11.9 Å². The highest BCUT2D eigenvalue weighted by Crippen LogP contribution is 2.51. The van der Waals surface area contributed by atoms with E-state index in [0.29, 0.717) is 24.9 Å². The summed E-state index contributed by atoms with van der Waals surface area (Å²) in [7, 11) is 3.59. The number of carbonyl (C=O) groups excluding carboxylic acids is 1. The van der Waals surface area contributed by atoms with Crippen LogP contribution < -0.4 is 5.32 Å². The van der Waals surface area contributed by atoms with Gasteiger partial charge in [0.25, 0.3) is 5.91 Å². The summed E-state index contributed by atoms with van der Waals surface area (Å²) in [5.41, 5.74) is -0.0908. The molecule has 2 fully saturated rings. The van der Waals surface area contributed by atoms with E-state index in [4.69, 9.17) is 9.15 Å². The Balaban J connectivity index is 0.00000261. The molecule has 27 heavy (non-hydrogen) atoms. The highest BCUT2D eigenvalue weighted by molar-refractivity contribution is 14.0. The van der Waals surface area contributed by atoms with Crippen molar-refractivity contribution in [3.05, 3.63) is 24.2 Å². The number of hydrogen-bond acceptors (Lipinski definition) is 4.